The van der Waals surface area contributed by atoms with Crippen molar-refractivity contribution in [1.82, 2.24) is 4.98 Å². The van der Waals surface area contributed by atoms with Gasteiger partial charge < -0.3 is 4.90 Å². The van der Waals surface area contributed by atoms with Gasteiger partial charge in [-0.05, 0) is 31.5 Å². The van der Waals surface area contributed by atoms with Gasteiger partial charge in [0.25, 0.3) is 5.69 Å². The van der Waals surface area contributed by atoms with Gasteiger partial charge in [-0.25, -0.2) is 0 Å². The monoisotopic (exact) mass is 330 g/mol. The smallest absolute Gasteiger partial charge is 0.269 e. The lowest BCUT2D eigenvalue weighted by Crippen LogP contribution is -2.19. The molecule has 0 atom stereocenters. The van der Waals surface area contributed by atoms with E-state index in [2.05, 4.69) is 11.1 Å². The normalized spacial score (nSPS) is 10.2. The van der Waals surface area contributed by atoms with Gasteiger partial charge >= 0.3 is 0 Å². The van der Waals surface area contributed by atoms with Crippen LogP contribution in [0.5, 0.6) is 0 Å². The van der Waals surface area contributed by atoms with Gasteiger partial charge in [-0.1, -0.05) is 11.6 Å². The van der Waals surface area contributed by atoms with Crippen molar-refractivity contribution in [1.29, 1.82) is 5.26 Å². The van der Waals surface area contributed by atoms with Crippen LogP contribution in [-0.4, -0.2) is 17.0 Å². The predicted octanol–water partition coefficient (Wildman–Crippen LogP) is 3.77. The molecule has 0 amide bonds. The van der Waals surface area contributed by atoms with Crippen LogP contribution in [0.25, 0.3) is 0 Å². The maximum Gasteiger partial charge on any atom is 0.269 e. The number of nitro benzene ring substituents is 1. The average molecular weight is 331 g/mol. The molecule has 0 spiro atoms. The van der Waals surface area contributed by atoms with Crippen LogP contribution in [0.4, 0.5) is 11.4 Å². The van der Waals surface area contributed by atoms with Crippen molar-refractivity contribution >= 4 is 23.0 Å². The molecule has 0 N–H and O–H groups in total. The van der Waals surface area contributed by atoms with E-state index in [9.17, 15) is 15.4 Å². The van der Waals surface area contributed by atoms with E-state index in [4.69, 9.17) is 11.6 Å². The number of benzene rings is 1. The van der Waals surface area contributed by atoms with Crippen LogP contribution in [0.15, 0.2) is 24.3 Å². The molecule has 1 heterocycles. The van der Waals surface area contributed by atoms with Crippen LogP contribution in [0.2, 0.25) is 5.02 Å². The van der Waals surface area contributed by atoms with Crippen molar-refractivity contribution in [3.05, 3.63) is 61.9 Å². The Kier molecular flexibility index (Phi) is 4.82. The van der Waals surface area contributed by atoms with E-state index in [1.165, 1.54) is 18.2 Å². The highest BCUT2D eigenvalue weighted by atomic mass is 35.5. The Morgan fingerprint density at radius 1 is 1.39 bits per heavy atom. The van der Waals surface area contributed by atoms with E-state index >= 15 is 0 Å². The molecular formula is C16H15ClN4O2. The molecule has 2 rings (SSSR count). The molecule has 0 unspecified atom stereocenters. The van der Waals surface area contributed by atoms with Gasteiger partial charge in [-0.2, -0.15) is 5.26 Å². The summed E-state index contributed by atoms with van der Waals surface area (Å²) in [5.41, 5.74) is 3.27. The van der Waals surface area contributed by atoms with Gasteiger partial charge in [-0.15, -0.1) is 0 Å². The first-order valence-electron chi connectivity index (χ1n) is 6.85. The third-order valence-corrected chi connectivity index (χ3v) is 3.85. The number of anilines is 1. The highest BCUT2D eigenvalue weighted by molar-refractivity contribution is 6.31. The van der Waals surface area contributed by atoms with Gasteiger partial charge in [0, 0.05) is 36.4 Å². The van der Waals surface area contributed by atoms with E-state index in [0.29, 0.717) is 28.4 Å². The van der Waals surface area contributed by atoms with Crippen LogP contribution < -0.4 is 4.90 Å². The van der Waals surface area contributed by atoms with Crippen molar-refractivity contribution in [2.75, 3.05) is 11.9 Å². The van der Waals surface area contributed by atoms with Crippen molar-refractivity contribution in [3.8, 4) is 6.07 Å². The molecule has 118 valence electrons. The van der Waals surface area contributed by atoms with E-state index in [-0.39, 0.29) is 5.69 Å². The molecule has 1 aromatic carbocycles. The first-order valence-corrected chi connectivity index (χ1v) is 7.23. The molecule has 1 aromatic heterocycles. The Morgan fingerprint density at radius 3 is 2.70 bits per heavy atom. The third kappa shape index (κ3) is 3.58. The topological polar surface area (TPSA) is 83.1 Å². The number of halogens is 1. The summed E-state index contributed by atoms with van der Waals surface area (Å²) in [7, 11) is 1.81. The van der Waals surface area contributed by atoms with Crippen molar-refractivity contribution in [2.45, 2.75) is 20.4 Å². The van der Waals surface area contributed by atoms with E-state index in [1.807, 2.05) is 24.9 Å². The Labute approximate surface area is 139 Å². The molecule has 7 heteroatoms. The first kappa shape index (κ1) is 16.7. The molecule has 0 saturated carbocycles. The summed E-state index contributed by atoms with van der Waals surface area (Å²) < 4.78 is 0. The Balaban J connectivity index is 2.41. The van der Waals surface area contributed by atoms with Gasteiger partial charge in [-0.3, -0.25) is 15.1 Å². The number of pyridine rings is 1. The number of non-ortho nitro benzene ring substituents is 1. The third-order valence-electron chi connectivity index (χ3n) is 3.48. The van der Waals surface area contributed by atoms with Gasteiger partial charge in [0.15, 0.2) is 0 Å². The molecule has 0 saturated heterocycles. The minimum absolute atomic E-state index is 0.0135. The zero-order chi connectivity index (χ0) is 17.1. The average Bonchev–Trinajstić information content (AvgIpc) is 2.48. The predicted molar refractivity (Wildman–Crippen MR) is 88.6 cm³/mol. The summed E-state index contributed by atoms with van der Waals surface area (Å²) in [5, 5.41) is 20.7. The van der Waals surface area contributed by atoms with Crippen LogP contribution >= 0.6 is 11.6 Å². The fraction of sp³-hybridized carbons (Fsp3) is 0.250. The number of aryl methyl sites for hydroxylation is 2. The number of nitrogens with zero attached hydrogens (tertiary/aromatic N) is 4. The first-order chi connectivity index (χ1) is 10.8. The molecule has 0 radical (unpaired) electrons. The Hall–Kier alpha value is -2.65. The van der Waals surface area contributed by atoms with Crippen LogP contribution in [-0.2, 0) is 6.54 Å². The zero-order valence-corrected chi connectivity index (χ0v) is 13.8. The molecule has 2 aromatic rings. The van der Waals surface area contributed by atoms with Crippen molar-refractivity contribution < 1.29 is 4.92 Å². The van der Waals surface area contributed by atoms with E-state index in [0.717, 1.165) is 11.4 Å². The maximum atomic E-state index is 10.9. The highest BCUT2D eigenvalue weighted by Crippen LogP contribution is 2.27. The molecule has 0 fully saturated rings. The summed E-state index contributed by atoms with van der Waals surface area (Å²) in [4.78, 5) is 16.6. The molecule has 23 heavy (non-hydrogen) atoms. The number of rotatable bonds is 4. The summed E-state index contributed by atoms with van der Waals surface area (Å²) in [6.45, 7) is 3.98. The number of nitriles is 1. The second kappa shape index (κ2) is 6.63. The van der Waals surface area contributed by atoms with E-state index in [1.54, 1.807) is 6.92 Å². The standard InChI is InChI=1S/C16H15ClN4O2/c1-10-6-16(14(8-18)11(2)19-10)20(3)9-12-7-13(21(22)23)4-5-15(12)17/h4-7H,9H2,1-3H3. The van der Waals surface area contributed by atoms with Crippen LogP contribution in [0, 0.1) is 35.3 Å². The highest BCUT2D eigenvalue weighted by Gasteiger charge is 2.15. The zero-order valence-electron chi connectivity index (χ0n) is 13.0. The van der Waals surface area contributed by atoms with Gasteiger partial charge in [0.1, 0.15) is 6.07 Å². The summed E-state index contributed by atoms with van der Waals surface area (Å²) >= 11 is 6.14. The fourth-order valence-corrected chi connectivity index (χ4v) is 2.56. The van der Waals surface area contributed by atoms with E-state index < -0.39 is 4.92 Å². The molecule has 0 aliphatic carbocycles. The second-order valence-electron chi connectivity index (χ2n) is 5.24. The SMILES string of the molecule is Cc1cc(N(C)Cc2cc([N+](=O)[O-])ccc2Cl)c(C#N)c(C)n1. The maximum absolute atomic E-state index is 10.9. The number of nitro groups is 1. The lowest BCUT2D eigenvalue weighted by atomic mass is 10.1. The second-order valence-corrected chi connectivity index (χ2v) is 5.65. The van der Waals surface area contributed by atoms with Crippen molar-refractivity contribution in [3.63, 3.8) is 0 Å². The molecule has 6 nitrogen and oxygen atoms in total. The molecular weight excluding hydrogens is 316 g/mol. The minimum Gasteiger partial charge on any atom is -0.369 e. The van der Waals surface area contributed by atoms with Crippen molar-refractivity contribution in [2.24, 2.45) is 0 Å². The summed E-state index contributed by atoms with van der Waals surface area (Å²) in [6, 6.07) is 8.30. The van der Waals surface area contributed by atoms with Gasteiger partial charge in [0.2, 0.25) is 0 Å². The lowest BCUT2D eigenvalue weighted by molar-refractivity contribution is -0.384. The fourth-order valence-electron chi connectivity index (χ4n) is 2.38. The van der Waals surface area contributed by atoms with Gasteiger partial charge in [0.05, 0.1) is 21.9 Å². The number of hydrogen-bond acceptors (Lipinski definition) is 5. The molecule has 0 bridgehead atoms. The summed E-state index contributed by atoms with van der Waals surface area (Å²) in [5.74, 6) is 0. The quantitative estimate of drug-likeness (QED) is 0.629. The molecule has 0 aliphatic heterocycles. The lowest BCUT2D eigenvalue weighted by Gasteiger charge is -2.22. The largest absolute Gasteiger partial charge is 0.369 e. The number of aromatic nitrogens is 1. The van der Waals surface area contributed by atoms with Crippen LogP contribution in [0.3, 0.4) is 0 Å². The Bertz CT molecular complexity index is 814. The Morgan fingerprint density at radius 2 is 2.09 bits per heavy atom. The minimum atomic E-state index is -0.457. The number of hydrogen-bond donors (Lipinski definition) is 0. The van der Waals surface area contributed by atoms with Crippen LogP contribution in [0.1, 0.15) is 22.5 Å². The summed E-state index contributed by atoms with van der Waals surface area (Å²) in [6.07, 6.45) is 0. The molecule has 0 aliphatic rings.